The number of aromatic nitrogens is 1. The van der Waals surface area contributed by atoms with Crippen LogP contribution in [0, 0.1) is 10.1 Å². The van der Waals surface area contributed by atoms with E-state index in [4.69, 9.17) is 0 Å². The summed E-state index contributed by atoms with van der Waals surface area (Å²) in [7, 11) is 0. The van der Waals surface area contributed by atoms with Crippen LogP contribution >= 0.6 is 11.3 Å². The van der Waals surface area contributed by atoms with Gasteiger partial charge in [-0.3, -0.25) is 14.9 Å². The lowest BCUT2D eigenvalue weighted by Gasteiger charge is -2.29. The van der Waals surface area contributed by atoms with Crippen LogP contribution < -0.4 is 15.5 Å². The minimum Gasteiger partial charge on any atom is -0.368 e. The Bertz CT molecular complexity index is 709. The number of amides is 1. The molecule has 9 heteroatoms. The molecule has 0 bridgehead atoms. The van der Waals surface area contributed by atoms with Gasteiger partial charge in [-0.1, -0.05) is 11.3 Å². The maximum absolute atomic E-state index is 12.1. The van der Waals surface area contributed by atoms with Crippen molar-refractivity contribution >= 4 is 33.8 Å². The second-order valence-corrected chi connectivity index (χ2v) is 5.91. The van der Waals surface area contributed by atoms with E-state index in [9.17, 15) is 14.9 Å². The Kier molecular flexibility index (Phi) is 4.49. The number of carbonyl (C=O) groups is 1. The van der Waals surface area contributed by atoms with E-state index in [0.29, 0.717) is 5.82 Å². The standard InChI is InChI=1S/C14H15N5O3S/c20-14(10-7-13(19(21)22)23-9-10)17-12-2-1-11(8-16-12)18-5-3-15-4-6-18/h1-2,7-9,15H,3-6H2,(H,16,17,20). The molecule has 0 spiro atoms. The first-order chi connectivity index (χ1) is 11.1. The Labute approximate surface area is 136 Å². The van der Waals surface area contributed by atoms with Crippen LogP contribution in [0.15, 0.2) is 29.8 Å². The average molecular weight is 333 g/mol. The van der Waals surface area contributed by atoms with Gasteiger partial charge >= 0.3 is 5.00 Å². The zero-order valence-electron chi connectivity index (χ0n) is 12.2. The summed E-state index contributed by atoms with van der Waals surface area (Å²) in [5.74, 6) is 0.0134. The highest BCUT2D eigenvalue weighted by atomic mass is 32.1. The number of nitro groups is 1. The van der Waals surface area contributed by atoms with Crippen LogP contribution in [0.3, 0.4) is 0 Å². The second kappa shape index (κ2) is 6.71. The lowest BCUT2D eigenvalue weighted by molar-refractivity contribution is -0.380. The van der Waals surface area contributed by atoms with Crippen molar-refractivity contribution in [2.45, 2.75) is 0 Å². The molecule has 1 aliphatic heterocycles. The van der Waals surface area contributed by atoms with E-state index >= 15 is 0 Å². The summed E-state index contributed by atoms with van der Waals surface area (Å²) >= 11 is 0.925. The predicted octanol–water partition coefficient (Wildman–Crippen LogP) is 1.71. The van der Waals surface area contributed by atoms with E-state index in [2.05, 4.69) is 20.5 Å². The number of piperazine rings is 1. The number of thiophene rings is 1. The van der Waals surface area contributed by atoms with E-state index < -0.39 is 10.8 Å². The average Bonchev–Trinajstić information content (AvgIpc) is 3.07. The number of pyridine rings is 1. The predicted molar refractivity (Wildman–Crippen MR) is 88.2 cm³/mol. The molecule has 0 saturated carbocycles. The fourth-order valence-corrected chi connectivity index (χ4v) is 3.00. The molecule has 1 fully saturated rings. The van der Waals surface area contributed by atoms with Crippen LogP contribution in [0.25, 0.3) is 0 Å². The van der Waals surface area contributed by atoms with Crippen molar-refractivity contribution in [3.05, 3.63) is 45.5 Å². The van der Waals surface area contributed by atoms with Crippen molar-refractivity contribution in [2.24, 2.45) is 0 Å². The van der Waals surface area contributed by atoms with E-state index in [1.807, 2.05) is 6.07 Å². The highest BCUT2D eigenvalue weighted by molar-refractivity contribution is 7.13. The molecule has 120 valence electrons. The van der Waals surface area contributed by atoms with Gasteiger partial charge in [0.1, 0.15) is 5.82 Å². The number of nitrogens with one attached hydrogen (secondary N) is 2. The van der Waals surface area contributed by atoms with Crippen LogP contribution in [0.2, 0.25) is 0 Å². The summed E-state index contributed by atoms with van der Waals surface area (Å²) in [6.45, 7) is 3.72. The topological polar surface area (TPSA) is 100 Å². The van der Waals surface area contributed by atoms with Gasteiger partial charge in [-0.05, 0) is 12.1 Å². The second-order valence-electron chi connectivity index (χ2n) is 5.02. The zero-order chi connectivity index (χ0) is 16.2. The van der Waals surface area contributed by atoms with Gasteiger partial charge in [-0.15, -0.1) is 0 Å². The van der Waals surface area contributed by atoms with Crippen LogP contribution in [-0.2, 0) is 0 Å². The van der Waals surface area contributed by atoms with Gasteiger partial charge in [0.15, 0.2) is 0 Å². The van der Waals surface area contributed by atoms with Gasteiger partial charge in [-0.2, -0.15) is 0 Å². The van der Waals surface area contributed by atoms with Gasteiger partial charge in [0.25, 0.3) is 5.91 Å². The van der Waals surface area contributed by atoms with Crippen LogP contribution in [0.4, 0.5) is 16.5 Å². The first-order valence-corrected chi connectivity index (χ1v) is 7.97. The third kappa shape index (κ3) is 3.63. The number of anilines is 2. The normalized spacial score (nSPS) is 14.5. The molecule has 2 aromatic heterocycles. The summed E-state index contributed by atoms with van der Waals surface area (Å²) in [4.78, 5) is 28.6. The summed E-state index contributed by atoms with van der Waals surface area (Å²) in [5.41, 5.74) is 1.27. The van der Waals surface area contributed by atoms with Crippen molar-refractivity contribution in [2.75, 3.05) is 36.4 Å². The molecule has 0 unspecified atom stereocenters. The Morgan fingerprint density at radius 3 is 2.78 bits per heavy atom. The third-order valence-corrected chi connectivity index (χ3v) is 4.38. The molecule has 0 atom stereocenters. The van der Waals surface area contributed by atoms with Crippen LogP contribution in [-0.4, -0.2) is 42.0 Å². The quantitative estimate of drug-likeness (QED) is 0.652. The summed E-state index contributed by atoms with van der Waals surface area (Å²) < 4.78 is 0. The molecule has 1 aliphatic rings. The molecule has 2 N–H and O–H groups in total. The molecule has 3 heterocycles. The number of nitrogens with zero attached hydrogens (tertiary/aromatic N) is 3. The van der Waals surface area contributed by atoms with Crippen molar-refractivity contribution in [3.8, 4) is 0 Å². The maximum Gasteiger partial charge on any atom is 0.324 e. The monoisotopic (exact) mass is 333 g/mol. The lowest BCUT2D eigenvalue weighted by Crippen LogP contribution is -2.43. The molecule has 23 heavy (non-hydrogen) atoms. The van der Waals surface area contributed by atoms with Crippen molar-refractivity contribution in [1.82, 2.24) is 10.3 Å². The van der Waals surface area contributed by atoms with E-state index in [1.165, 1.54) is 11.4 Å². The fraction of sp³-hybridized carbons (Fsp3) is 0.286. The molecule has 0 aliphatic carbocycles. The first-order valence-electron chi connectivity index (χ1n) is 7.09. The van der Waals surface area contributed by atoms with Crippen LogP contribution in [0.5, 0.6) is 0 Å². The van der Waals surface area contributed by atoms with E-state index in [1.54, 1.807) is 12.3 Å². The van der Waals surface area contributed by atoms with Gasteiger partial charge < -0.3 is 15.5 Å². The Balaban J connectivity index is 1.65. The van der Waals surface area contributed by atoms with E-state index in [0.717, 1.165) is 43.2 Å². The van der Waals surface area contributed by atoms with Gasteiger partial charge in [0, 0.05) is 37.6 Å². The lowest BCUT2D eigenvalue weighted by atomic mass is 10.3. The molecule has 0 aromatic carbocycles. The summed E-state index contributed by atoms with van der Waals surface area (Å²) in [5, 5.41) is 18.0. The Hall–Kier alpha value is -2.52. The fourth-order valence-electron chi connectivity index (χ4n) is 2.30. The Morgan fingerprint density at radius 2 is 2.17 bits per heavy atom. The summed E-state index contributed by atoms with van der Waals surface area (Å²) in [6, 6.07) is 4.90. The minimum atomic E-state index is -0.512. The molecule has 1 amide bonds. The molecular formula is C14H15N5O3S. The Morgan fingerprint density at radius 1 is 1.39 bits per heavy atom. The largest absolute Gasteiger partial charge is 0.368 e. The van der Waals surface area contributed by atoms with Crippen molar-refractivity contribution in [1.29, 1.82) is 0 Å². The third-order valence-electron chi connectivity index (χ3n) is 3.50. The maximum atomic E-state index is 12.1. The molecule has 8 nitrogen and oxygen atoms in total. The molecule has 0 radical (unpaired) electrons. The zero-order valence-corrected chi connectivity index (χ0v) is 13.0. The molecule has 3 rings (SSSR count). The van der Waals surface area contributed by atoms with Gasteiger partial charge in [-0.25, -0.2) is 4.98 Å². The number of hydrogen-bond donors (Lipinski definition) is 2. The van der Waals surface area contributed by atoms with Gasteiger partial charge in [0.2, 0.25) is 0 Å². The van der Waals surface area contributed by atoms with Gasteiger partial charge in [0.05, 0.1) is 22.4 Å². The highest BCUT2D eigenvalue weighted by Gasteiger charge is 2.16. The first kappa shape index (κ1) is 15.4. The van der Waals surface area contributed by atoms with E-state index in [-0.39, 0.29) is 10.6 Å². The number of hydrogen-bond acceptors (Lipinski definition) is 7. The molecular weight excluding hydrogens is 318 g/mol. The van der Waals surface area contributed by atoms with Crippen molar-refractivity contribution < 1.29 is 9.72 Å². The summed E-state index contributed by atoms with van der Waals surface area (Å²) in [6.07, 6.45) is 1.72. The molecule has 2 aromatic rings. The highest BCUT2D eigenvalue weighted by Crippen LogP contribution is 2.23. The van der Waals surface area contributed by atoms with Crippen molar-refractivity contribution in [3.63, 3.8) is 0 Å². The smallest absolute Gasteiger partial charge is 0.324 e. The molecule has 1 saturated heterocycles. The minimum absolute atomic E-state index is 0.0582. The SMILES string of the molecule is O=C(Nc1ccc(N2CCNCC2)cn1)c1csc([N+](=O)[O-])c1. The number of carbonyl (C=O) groups excluding carboxylic acids is 1. The number of rotatable bonds is 4. The van der Waals surface area contributed by atoms with Crippen LogP contribution in [0.1, 0.15) is 10.4 Å².